The number of carbonyl (C=O) groups excluding carboxylic acids is 2. The fourth-order valence-electron chi connectivity index (χ4n) is 4.88. The van der Waals surface area contributed by atoms with Gasteiger partial charge in [-0.15, -0.1) is 0 Å². The third kappa shape index (κ3) is 4.38. The minimum atomic E-state index is -0.771. The number of fused-ring (bicyclic) bond motifs is 1. The molecule has 3 heterocycles. The second-order valence-electron chi connectivity index (χ2n) is 8.83. The quantitative estimate of drug-likeness (QED) is 0.484. The summed E-state index contributed by atoms with van der Waals surface area (Å²) in [4.78, 5) is 59.8. The summed E-state index contributed by atoms with van der Waals surface area (Å²) in [6.07, 6.45) is 3.58. The highest BCUT2D eigenvalue weighted by Crippen LogP contribution is 2.25. The van der Waals surface area contributed by atoms with E-state index in [1.165, 1.54) is 24.9 Å². The molecule has 3 aromatic rings. The van der Waals surface area contributed by atoms with E-state index >= 15 is 0 Å². The van der Waals surface area contributed by atoms with Gasteiger partial charge in [0.25, 0.3) is 5.56 Å². The highest BCUT2D eigenvalue weighted by Gasteiger charge is 2.29. The van der Waals surface area contributed by atoms with E-state index in [0.29, 0.717) is 23.7 Å². The van der Waals surface area contributed by atoms with Crippen molar-refractivity contribution in [1.29, 1.82) is 0 Å². The number of aromatic nitrogens is 3. The van der Waals surface area contributed by atoms with Crippen LogP contribution in [0.4, 0.5) is 0 Å². The lowest BCUT2D eigenvalue weighted by atomic mass is 10.00. The molecular weight excluding hydrogens is 464 g/mol. The summed E-state index contributed by atoms with van der Waals surface area (Å²) in [5.41, 5.74) is -0.813. The number of ether oxygens (including phenoxy) is 2. The highest BCUT2D eigenvalue weighted by molar-refractivity contribution is 6.02. The van der Waals surface area contributed by atoms with Crippen LogP contribution in [0.5, 0.6) is 5.75 Å². The number of carbonyl (C=O) groups is 2. The van der Waals surface area contributed by atoms with Gasteiger partial charge in [-0.2, -0.15) is 0 Å². The van der Waals surface area contributed by atoms with Gasteiger partial charge in [0.2, 0.25) is 5.91 Å². The molecule has 1 saturated heterocycles. The van der Waals surface area contributed by atoms with Crippen LogP contribution in [-0.4, -0.2) is 57.7 Å². The molecule has 10 heteroatoms. The third-order valence-electron chi connectivity index (χ3n) is 6.66. The van der Waals surface area contributed by atoms with E-state index in [9.17, 15) is 19.2 Å². The second kappa shape index (κ2) is 10.3. The topological polar surface area (TPSA) is 113 Å². The Labute approximate surface area is 208 Å². The Balaban J connectivity index is 2.03. The number of piperidine rings is 1. The van der Waals surface area contributed by atoms with Gasteiger partial charge < -0.3 is 14.4 Å². The average molecular weight is 495 g/mol. The molecule has 1 fully saturated rings. The Kier molecular flexibility index (Phi) is 7.23. The molecule has 0 bridgehead atoms. The van der Waals surface area contributed by atoms with Gasteiger partial charge in [0.1, 0.15) is 12.3 Å². The van der Waals surface area contributed by atoms with Crippen molar-refractivity contribution in [3.05, 3.63) is 62.4 Å². The van der Waals surface area contributed by atoms with Crippen molar-refractivity contribution in [2.45, 2.75) is 52.1 Å². The second-order valence-corrected chi connectivity index (χ2v) is 8.83. The zero-order valence-electron chi connectivity index (χ0n) is 20.9. The maximum Gasteiger partial charge on any atom is 0.338 e. The molecule has 0 radical (unpaired) electrons. The first-order valence-corrected chi connectivity index (χ1v) is 12.0. The number of methoxy groups -OCH3 is 2. The smallest absolute Gasteiger partial charge is 0.338 e. The fourth-order valence-corrected chi connectivity index (χ4v) is 4.88. The Bertz CT molecular complexity index is 1440. The molecule has 36 heavy (non-hydrogen) atoms. The number of esters is 1. The molecular formula is C26H30N4O6. The molecule has 1 amide bonds. The van der Waals surface area contributed by atoms with Crippen molar-refractivity contribution >= 4 is 22.9 Å². The number of rotatable bonds is 6. The Morgan fingerprint density at radius 3 is 2.58 bits per heavy atom. The summed E-state index contributed by atoms with van der Waals surface area (Å²) in [7, 11) is 2.68. The number of aryl methyl sites for hydroxylation is 1. The summed E-state index contributed by atoms with van der Waals surface area (Å²) in [5, 5.41) is -0.101. The van der Waals surface area contributed by atoms with Gasteiger partial charge in [-0.25, -0.2) is 23.7 Å². The molecule has 10 nitrogen and oxygen atoms in total. The van der Waals surface area contributed by atoms with Gasteiger partial charge in [0.15, 0.2) is 5.65 Å². The van der Waals surface area contributed by atoms with Crippen LogP contribution < -0.4 is 16.0 Å². The number of amides is 1. The monoisotopic (exact) mass is 494 g/mol. The van der Waals surface area contributed by atoms with Crippen molar-refractivity contribution in [2.75, 3.05) is 20.8 Å². The average Bonchev–Trinajstić information content (AvgIpc) is 2.90. The highest BCUT2D eigenvalue weighted by atomic mass is 16.5. The summed E-state index contributed by atoms with van der Waals surface area (Å²) >= 11 is 0. The van der Waals surface area contributed by atoms with Crippen molar-refractivity contribution in [1.82, 2.24) is 19.0 Å². The molecule has 190 valence electrons. The zero-order chi connectivity index (χ0) is 26.0. The minimum Gasteiger partial charge on any atom is -0.495 e. The van der Waals surface area contributed by atoms with E-state index in [2.05, 4.69) is 4.98 Å². The number of para-hydroxylation sites is 2. The van der Waals surface area contributed by atoms with Gasteiger partial charge in [-0.1, -0.05) is 19.1 Å². The van der Waals surface area contributed by atoms with Gasteiger partial charge >= 0.3 is 11.7 Å². The SMILES string of the molecule is CCC1CCCCN1C(=O)Cn1c(=O)c2c(C(=O)OC)cc(C)nc2n(-c2ccccc2OC)c1=O. The maximum absolute atomic E-state index is 13.8. The normalized spacial score (nSPS) is 15.7. The molecule has 1 atom stereocenters. The third-order valence-corrected chi connectivity index (χ3v) is 6.66. The van der Waals surface area contributed by atoms with E-state index in [0.717, 1.165) is 30.3 Å². The molecule has 4 rings (SSSR count). The van der Waals surface area contributed by atoms with E-state index in [1.54, 1.807) is 36.1 Å². The fraction of sp³-hybridized carbons (Fsp3) is 0.423. The van der Waals surface area contributed by atoms with E-state index in [4.69, 9.17) is 9.47 Å². The Hall–Kier alpha value is -3.95. The first-order chi connectivity index (χ1) is 17.3. The molecule has 0 spiro atoms. The van der Waals surface area contributed by atoms with Crippen LogP contribution in [0.15, 0.2) is 39.9 Å². The molecule has 1 aromatic carbocycles. The Morgan fingerprint density at radius 2 is 1.89 bits per heavy atom. The number of hydrogen-bond acceptors (Lipinski definition) is 7. The molecule has 0 aliphatic carbocycles. The molecule has 0 saturated carbocycles. The standard InChI is InChI=1S/C26H30N4O6/c1-5-17-10-8-9-13-28(17)21(31)15-29-24(32)22-18(25(33)36-4)14-16(2)27-23(22)30(26(29)34)19-11-6-7-12-20(19)35-3/h6-7,11-12,14,17H,5,8-10,13,15H2,1-4H3. The first-order valence-electron chi connectivity index (χ1n) is 12.0. The zero-order valence-corrected chi connectivity index (χ0v) is 20.9. The largest absolute Gasteiger partial charge is 0.495 e. The lowest BCUT2D eigenvalue weighted by Crippen LogP contribution is -2.49. The summed E-state index contributed by atoms with van der Waals surface area (Å²) in [6.45, 7) is 3.80. The van der Waals surface area contributed by atoms with Crippen LogP contribution in [0, 0.1) is 6.92 Å². The van der Waals surface area contributed by atoms with Crippen molar-refractivity contribution in [2.24, 2.45) is 0 Å². The van der Waals surface area contributed by atoms with Crippen molar-refractivity contribution in [3.8, 4) is 11.4 Å². The van der Waals surface area contributed by atoms with Crippen LogP contribution in [0.3, 0.4) is 0 Å². The lowest BCUT2D eigenvalue weighted by molar-refractivity contribution is -0.135. The van der Waals surface area contributed by atoms with Crippen LogP contribution in [0.25, 0.3) is 16.7 Å². The van der Waals surface area contributed by atoms with Crippen molar-refractivity contribution in [3.63, 3.8) is 0 Å². The number of likely N-dealkylation sites (tertiary alicyclic amines) is 1. The predicted octanol–water partition coefficient (Wildman–Crippen LogP) is 2.44. The summed E-state index contributed by atoms with van der Waals surface area (Å²) in [5.74, 6) is -0.693. The minimum absolute atomic E-state index is 0.0111. The van der Waals surface area contributed by atoms with Gasteiger partial charge in [0, 0.05) is 18.3 Å². The molecule has 1 unspecified atom stereocenters. The number of benzene rings is 1. The molecule has 1 aliphatic rings. The van der Waals surface area contributed by atoms with Gasteiger partial charge in [0.05, 0.1) is 30.9 Å². The number of nitrogens with zero attached hydrogens (tertiary/aromatic N) is 4. The van der Waals surface area contributed by atoms with Crippen LogP contribution in [0.2, 0.25) is 0 Å². The summed E-state index contributed by atoms with van der Waals surface area (Å²) < 4.78 is 12.5. The maximum atomic E-state index is 13.8. The first kappa shape index (κ1) is 25.2. The van der Waals surface area contributed by atoms with Crippen LogP contribution in [-0.2, 0) is 16.1 Å². The van der Waals surface area contributed by atoms with E-state index in [1.807, 2.05) is 6.92 Å². The van der Waals surface area contributed by atoms with E-state index < -0.39 is 23.8 Å². The van der Waals surface area contributed by atoms with Gasteiger partial charge in [-0.3, -0.25) is 9.59 Å². The van der Waals surface area contributed by atoms with Crippen LogP contribution >= 0.6 is 0 Å². The predicted molar refractivity (Wildman–Crippen MR) is 134 cm³/mol. The van der Waals surface area contributed by atoms with Crippen molar-refractivity contribution < 1.29 is 19.1 Å². The number of pyridine rings is 1. The van der Waals surface area contributed by atoms with Crippen LogP contribution in [0.1, 0.15) is 48.7 Å². The molecule has 0 N–H and O–H groups in total. The number of hydrogen-bond donors (Lipinski definition) is 0. The molecule has 2 aromatic heterocycles. The Morgan fingerprint density at radius 1 is 1.14 bits per heavy atom. The lowest BCUT2D eigenvalue weighted by Gasteiger charge is -2.35. The molecule has 1 aliphatic heterocycles. The van der Waals surface area contributed by atoms with Gasteiger partial charge in [-0.05, 0) is 50.8 Å². The van der Waals surface area contributed by atoms with E-state index in [-0.39, 0.29) is 28.5 Å². The summed E-state index contributed by atoms with van der Waals surface area (Å²) in [6, 6.07) is 8.29.